The van der Waals surface area contributed by atoms with Crippen LogP contribution in [0.5, 0.6) is 5.75 Å². The molecule has 6 nitrogen and oxygen atoms in total. The van der Waals surface area contributed by atoms with Crippen LogP contribution in [0, 0.1) is 6.92 Å². The average Bonchev–Trinajstić information content (AvgIpc) is 2.70. The molecule has 98 valence electrons. The van der Waals surface area contributed by atoms with E-state index in [1.54, 1.807) is 6.92 Å². The Labute approximate surface area is 112 Å². The molecule has 0 bridgehead atoms. The SMILES string of the molecule is Cc1cc(C(=O)O)c(NC(=O)c2ncccc2O)s1. The van der Waals surface area contributed by atoms with Crippen LogP contribution in [0.15, 0.2) is 24.4 Å². The van der Waals surface area contributed by atoms with Gasteiger partial charge in [0.25, 0.3) is 5.91 Å². The van der Waals surface area contributed by atoms with Crippen molar-refractivity contribution in [3.05, 3.63) is 40.5 Å². The van der Waals surface area contributed by atoms with E-state index >= 15 is 0 Å². The van der Waals surface area contributed by atoms with Crippen molar-refractivity contribution in [3.8, 4) is 5.75 Å². The molecule has 0 aliphatic heterocycles. The first-order valence-electron chi connectivity index (χ1n) is 5.28. The van der Waals surface area contributed by atoms with Gasteiger partial charge in [-0.1, -0.05) is 0 Å². The summed E-state index contributed by atoms with van der Waals surface area (Å²) in [6.07, 6.45) is 1.37. The summed E-state index contributed by atoms with van der Waals surface area (Å²) in [6.45, 7) is 1.74. The van der Waals surface area contributed by atoms with Crippen LogP contribution < -0.4 is 5.32 Å². The molecule has 19 heavy (non-hydrogen) atoms. The summed E-state index contributed by atoms with van der Waals surface area (Å²) in [5, 5.41) is 21.2. The molecule has 3 N–H and O–H groups in total. The van der Waals surface area contributed by atoms with Crippen molar-refractivity contribution < 1.29 is 19.8 Å². The van der Waals surface area contributed by atoms with Gasteiger partial charge < -0.3 is 15.5 Å². The fourth-order valence-electron chi connectivity index (χ4n) is 1.50. The Morgan fingerprint density at radius 1 is 1.42 bits per heavy atom. The fraction of sp³-hybridized carbons (Fsp3) is 0.0833. The zero-order valence-corrected chi connectivity index (χ0v) is 10.7. The second-order valence-electron chi connectivity index (χ2n) is 3.73. The molecule has 0 spiro atoms. The quantitative estimate of drug-likeness (QED) is 0.798. The Bertz CT molecular complexity index is 651. The van der Waals surface area contributed by atoms with Gasteiger partial charge in [-0.3, -0.25) is 4.79 Å². The average molecular weight is 278 g/mol. The van der Waals surface area contributed by atoms with Crippen molar-refractivity contribution in [2.45, 2.75) is 6.92 Å². The zero-order chi connectivity index (χ0) is 14.0. The first-order chi connectivity index (χ1) is 8.99. The fourth-order valence-corrected chi connectivity index (χ4v) is 2.40. The molecule has 0 atom stereocenters. The van der Waals surface area contributed by atoms with E-state index in [9.17, 15) is 14.7 Å². The highest BCUT2D eigenvalue weighted by atomic mass is 32.1. The number of rotatable bonds is 3. The van der Waals surface area contributed by atoms with E-state index in [-0.39, 0.29) is 22.0 Å². The Kier molecular flexibility index (Phi) is 3.48. The molecule has 0 saturated heterocycles. The molecule has 7 heteroatoms. The summed E-state index contributed by atoms with van der Waals surface area (Å²) in [6, 6.07) is 4.30. The van der Waals surface area contributed by atoms with Gasteiger partial charge >= 0.3 is 5.97 Å². The maximum Gasteiger partial charge on any atom is 0.338 e. The number of carboxylic acids is 1. The monoisotopic (exact) mass is 278 g/mol. The molecule has 2 aromatic heterocycles. The highest BCUT2D eigenvalue weighted by Crippen LogP contribution is 2.28. The van der Waals surface area contributed by atoms with E-state index in [0.717, 1.165) is 16.2 Å². The number of aromatic carboxylic acids is 1. The third-order valence-electron chi connectivity index (χ3n) is 2.31. The van der Waals surface area contributed by atoms with Gasteiger partial charge in [0.1, 0.15) is 10.8 Å². The molecule has 2 aromatic rings. The van der Waals surface area contributed by atoms with Crippen LogP contribution in [0.4, 0.5) is 5.00 Å². The third kappa shape index (κ3) is 2.71. The van der Waals surface area contributed by atoms with Gasteiger partial charge in [-0.2, -0.15) is 0 Å². The maximum atomic E-state index is 11.9. The standard InChI is InChI=1S/C12H10N2O4S/c1-6-5-7(12(17)18)11(19-6)14-10(16)9-8(15)3-2-4-13-9/h2-5,15H,1H3,(H,14,16)(H,17,18). The van der Waals surface area contributed by atoms with E-state index in [4.69, 9.17) is 5.11 Å². The molecule has 2 heterocycles. The molecular formula is C12H10N2O4S. The third-order valence-corrected chi connectivity index (χ3v) is 3.28. The lowest BCUT2D eigenvalue weighted by molar-refractivity contribution is 0.0698. The van der Waals surface area contributed by atoms with Crippen LogP contribution in [0.1, 0.15) is 25.7 Å². The first kappa shape index (κ1) is 13.0. The number of carbonyl (C=O) groups is 2. The highest BCUT2D eigenvalue weighted by Gasteiger charge is 2.18. The summed E-state index contributed by atoms with van der Waals surface area (Å²) in [5.41, 5.74) is -0.129. The van der Waals surface area contributed by atoms with Crippen molar-refractivity contribution in [1.82, 2.24) is 4.98 Å². The van der Waals surface area contributed by atoms with E-state index in [0.29, 0.717) is 0 Å². The summed E-state index contributed by atoms with van der Waals surface area (Å²) < 4.78 is 0. The number of nitrogens with zero attached hydrogens (tertiary/aromatic N) is 1. The van der Waals surface area contributed by atoms with Crippen LogP contribution in [-0.2, 0) is 0 Å². The van der Waals surface area contributed by atoms with Gasteiger partial charge in [0.05, 0.1) is 5.56 Å². The van der Waals surface area contributed by atoms with Gasteiger partial charge in [-0.15, -0.1) is 11.3 Å². The molecule has 2 rings (SSSR count). The Morgan fingerprint density at radius 3 is 2.79 bits per heavy atom. The summed E-state index contributed by atoms with van der Waals surface area (Å²) in [4.78, 5) is 27.4. The Balaban J connectivity index is 2.29. The number of hydrogen-bond donors (Lipinski definition) is 3. The van der Waals surface area contributed by atoms with Gasteiger partial charge in [0.2, 0.25) is 0 Å². The number of aromatic hydroxyl groups is 1. The van der Waals surface area contributed by atoms with Crippen LogP contribution >= 0.6 is 11.3 Å². The summed E-state index contributed by atoms with van der Waals surface area (Å²) in [5.74, 6) is -2.03. The van der Waals surface area contributed by atoms with Gasteiger partial charge in [-0.05, 0) is 25.1 Å². The number of pyridine rings is 1. The smallest absolute Gasteiger partial charge is 0.338 e. The van der Waals surface area contributed by atoms with E-state index in [2.05, 4.69) is 10.3 Å². The van der Waals surface area contributed by atoms with Crippen molar-refractivity contribution in [2.75, 3.05) is 5.32 Å². The Morgan fingerprint density at radius 2 is 2.16 bits per heavy atom. The number of anilines is 1. The number of aryl methyl sites for hydroxylation is 1. The van der Waals surface area contributed by atoms with Crippen molar-refractivity contribution in [3.63, 3.8) is 0 Å². The summed E-state index contributed by atoms with van der Waals surface area (Å²) >= 11 is 1.15. The molecule has 0 aliphatic rings. The van der Waals surface area contributed by atoms with Gasteiger partial charge in [0, 0.05) is 11.1 Å². The molecule has 0 fully saturated rings. The van der Waals surface area contributed by atoms with Crippen LogP contribution in [0.25, 0.3) is 0 Å². The number of aromatic nitrogens is 1. The van der Waals surface area contributed by atoms with E-state index in [1.807, 2.05) is 0 Å². The number of hydrogen-bond acceptors (Lipinski definition) is 5. The van der Waals surface area contributed by atoms with Crippen molar-refractivity contribution in [2.24, 2.45) is 0 Å². The van der Waals surface area contributed by atoms with Crippen molar-refractivity contribution in [1.29, 1.82) is 0 Å². The lowest BCUT2D eigenvalue weighted by atomic mass is 10.2. The number of carboxylic acid groups (broad SMARTS) is 1. The van der Waals surface area contributed by atoms with Crippen molar-refractivity contribution >= 4 is 28.2 Å². The second-order valence-corrected chi connectivity index (χ2v) is 4.99. The second kappa shape index (κ2) is 5.07. The number of thiophene rings is 1. The number of nitrogens with one attached hydrogen (secondary N) is 1. The minimum atomic E-state index is -1.12. The van der Waals surface area contributed by atoms with E-state index in [1.165, 1.54) is 24.4 Å². The normalized spacial score (nSPS) is 10.2. The number of carbonyl (C=O) groups excluding carboxylic acids is 1. The molecule has 0 saturated carbocycles. The number of amides is 1. The molecule has 0 aliphatic carbocycles. The molecule has 0 aromatic carbocycles. The van der Waals surface area contributed by atoms with Crippen LogP contribution in [-0.4, -0.2) is 27.1 Å². The summed E-state index contributed by atoms with van der Waals surface area (Å²) in [7, 11) is 0. The predicted molar refractivity (Wildman–Crippen MR) is 69.9 cm³/mol. The van der Waals surface area contributed by atoms with Crippen LogP contribution in [0.3, 0.4) is 0 Å². The molecule has 0 unspecified atom stereocenters. The molecule has 1 amide bonds. The lowest BCUT2D eigenvalue weighted by Gasteiger charge is -2.04. The predicted octanol–water partition coefficient (Wildman–Crippen LogP) is 2.11. The topological polar surface area (TPSA) is 99.5 Å². The zero-order valence-electron chi connectivity index (χ0n) is 9.88. The minimum Gasteiger partial charge on any atom is -0.505 e. The Hall–Kier alpha value is -2.41. The first-order valence-corrected chi connectivity index (χ1v) is 6.09. The minimum absolute atomic E-state index is 0.0197. The lowest BCUT2D eigenvalue weighted by Crippen LogP contribution is -2.14. The highest BCUT2D eigenvalue weighted by molar-refractivity contribution is 7.16. The van der Waals surface area contributed by atoms with E-state index < -0.39 is 11.9 Å². The maximum absolute atomic E-state index is 11.9. The molecule has 0 radical (unpaired) electrons. The van der Waals surface area contributed by atoms with Gasteiger partial charge in [0.15, 0.2) is 5.69 Å². The van der Waals surface area contributed by atoms with Gasteiger partial charge in [-0.25, -0.2) is 9.78 Å². The van der Waals surface area contributed by atoms with Crippen LogP contribution in [0.2, 0.25) is 0 Å². The molecular weight excluding hydrogens is 268 g/mol. The largest absolute Gasteiger partial charge is 0.505 e.